The highest BCUT2D eigenvalue weighted by molar-refractivity contribution is 6.07. The summed E-state index contributed by atoms with van der Waals surface area (Å²) in [5.74, 6) is -0.625. The van der Waals surface area contributed by atoms with Crippen molar-refractivity contribution in [2.75, 3.05) is 0 Å². The summed E-state index contributed by atoms with van der Waals surface area (Å²) in [6.07, 6.45) is 1.07. The van der Waals surface area contributed by atoms with Crippen LogP contribution in [0.25, 0.3) is 0 Å². The summed E-state index contributed by atoms with van der Waals surface area (Å²) in [5, 5.41) is 8.67. The van der Waals surface area contributed by atoms with E-state index in [0.29, 0.717) is 0 Å². The molecule has 1 N–H and O–H groups in total. The topological polar surface area (TPSA) is 54.4 Å². The van der Waals surface area contributed by atoms with Crippen molar-refractivity contribution in [2.24, 2.45) is 0 Å². The first-order chi connectivity index (χ1) is 4.18. The quantitative estimate of drug-likeness (QED) is 0.477. The van der Waals surface area contributed by atoms with Gasteiger partial charge in [-0.15, -0.1) is 0 Å². The number of ketones is 2. The number of aliphatic hydroxyl groups excluding tert-OH is 1. The normalized spacial score (nSPS) is 19.8. The van der Waals surface area contributed by atoms with E-state index in [1.807, 2.05) is 0 Å². The van der Waals surface area contributed by atoms with Gasteiger partial charge in [0.1, 0.15) is 11.5 Å². The SMILES string of the molecule is O=C1C=C(O)CC(=O)C1. The van der Waals surface area contributed by atoms with E-state index < -0.39 is 0 Å². The van der Waals surface area contributed by atoms with Crippen LogP contribution in [-0.2, 0) is 9.59 Å². The molecule has 0 fully saturated rings. The zero-order chi connectivity index (χ0) is 6.85. The molecule has 0 saturated carbocycles. The van der Waals surface area contributed by atoms with Crippen LogP contribution in [0.4, 0.5) is 0 Å². The second kappa shape index (κ2) is 2.01. The van der Waals surface area contributed by atoms with Gasteiger partial charge in [0.05, 0.1) is 12.8 Å². The van der Waals surface area contributed by atoms with Crippen molar-refractivity contribution in [3.05, 3.63) is 11.8 Å². The first kappa shape index (κ1) is 6.01. The van der Waals surface area contributed by atoms with Crippen LogP contribution >= 0.6 is 0 Å². The van der Waals surface area contributed by atoms with E-state index >= 15 is 0 Å². The van der Waals surface area contributed by atoms with E-state index in [-0.39, 0.29) is 30.2 Å². The Morgan fingerprint density at radius 1 is 1.33 bits per heavy atom. The zero-order valence-electron chi connectivity index (χ0n) is 4.76. The molecule has 0 aromatic heterocycles. The van der Waals surface area contributed by atoms with Crippen LogP contribution in [-0.4, -0.2) is 16.7 Å². The summed E-state index contributed by atoms with van der Waals surface area (Å²) >= 11 is 0. The van der Waals surface area contributed by atoms with Gasteiger partial charge in [-0.25, -0.2) is 0 Å². The van der Waals surface area contributed by atoms with Gasteiger partial charge < -0.3 is 5.11 Å². The van der Waals surface area contributed by atoms with E-state index in [1.165, 1.54) is 0 Å². The van der Waals surface area contributed by atoms with Gasteiger partial charge in [0.25, 0.3) is 0 Å². The van der Waals surface area contributed by atoms with Crippen molar-refractivity contribution in [2.45, 2.75) is 12.8 Å². The number of carbonyl (C=O) groups excluding carboxylic acids is 2. The summed E-state index contributed by atoms with van der Waals surface area (Å²) in [4.78, 5) is 20.9. The molecule has 1 aliphatic carbocycles. The Morgan fingerprint density at radius 2 is 2.00 bits per heavy atom. The highest BCUT2D eigenvalue weighted by Crippen LogP contribution is 2.07. The number of allylic oxidation sites excluding steroid dienone is 2. The molecule has 9 heavy (non-hydrogen) atoms. The Labute approximate surface area is 52.0 Å². The first-order valence-electron chi connectivity index (χ1n) is 2.62. The smallest absolute Gasteiger partial charge is 0.166 e. The van der Waals surface area contributed by atoms with E-state index in [2.05, 4.69) is 0 Å². The summed E-state index contributed by atoms with van der Waals surface area (Å²) in [7, 11) is 0. The van der Waals surface area contributed by atoms with Gasteiger partial charge in [0.2, 0.25) is 0 Å². The third-order valence-corrected chi connectivity index (χ3v) is 1.08. The van der Waals surface area contributed by atoms with Crippen LogP contribution in [0.1, 0.15) is 12.8 Å². The van der Waals surface area contributed by atoms with Crippen molar-refractivity contribution in [3.8, 4) is 0 Å². The Kier molecular flexibility index (Phi) is 1.34. The molecule has 0 saturated heterocycles. The van der Waals surface area contributed by atoms with E-state index in [9.17, 15) is 9.59 Å². The van der Waals surface area contributed by atoms with Crippen molar-refractivity contribution >= 4 is 11.6 Å². The van der Waals surface area contributed by atoms with Gasteiger partial charge in [0.15, 0.2) is 5.78 Å². The maximum Gasteiger partial charge on any atom is 0.166 e. The van der Waals surface area contributed by atoms with E-state index in [1.54, 1.807) is 0 Å². The minimum Gasteiger partial charge on any atom is -0.512 e. The second-order valence-electron chi connectivity index (χ2n) is 1.99. The maximum atomic E-state index is 10.5. The highest BCUT2D eigenvalue weighted by atomic mass is 16.3. The average Bonchev–Trinajstić information content (AvgIpc) is 1.59. The molecule has 0 aromatic carbocycles. The van der Waals surface area contributed by atoms with Crippen LogP contribution in [0.3, 0.4) is 0 Å². The number of aliphatic hydroxyl groups is 1. The molecule has 0 heterocycles. The molecule has 3 nitrogen and oxygen atoms in total. The van der Waals surface area contributed by atoms with Gasteiger partial charge in [-0.1, -0.05) is 0 Å². The predicted octanol–water partition coefficient (Wildman–Crippen LogP) is 0.360. The van der Waals surface area contributed by atoms with Crippen LogP contribution < -0.4 is 0 Å². The molecule has 0 aromatic rings. The number of hydrogen-bond acceptors (Lipinski definition) is 3. The van der Waals surface area contributed by atoms with Crippen molar-refractivity contribution in [3.63, 3.8) is 0 Å². The lowest BCUT2D eigenvalue weighted by Crippen LogP contribution is -2.12. The molecule has 0 spiro atoms. The Balaban J connectivity index is 2.79. The number of carbonyl (C=O) groups is 2. The fourth-order valence-electron chi connectivity index (χ4n) is 0.747. The highest BCUT2D eigenvalue weighted by Gasteiger charge is 2.15. The molecular formula is C6H6O3. The lowest BCUT2D eigenvalue weighted by atomic mass is 10.0. The third-order valence-electron chi connectivity index (χ3n) is 1.08. The largest absolute Gasteiger partial charge is 0.512 e. The summed E-state index contributed by atoms with van der Waals surface area (Å²) in [6, 6.07) is 0. The fourth-order valence-corrected chi connectivity index (χ4v) is 0.747. The van der Waals surface area contributed by atoms with E-state index in [0.717, 1.165) is 6.08 Å². The monoisotopic (exact) mass is 126 g/mol. The van der Waals surface area contributed by atoms with E-state index in [4.69, 9.17) is 5.11 Å². The second-order valence-corrected chi connectivity index (χ2v) is 1.99. The molecule has 0 unspecified atom stereocenters. The number of hydrogen-bond donors (Lipinski definition) is 1. The molecule has 0 bridgehead atoms. The predicted molar refractivity (Wildman–Crippen MR) is 30.0 cm³/mol. The molecule has 48 valence electrons. The lowest BCUT2D eigenvalue weighted by molar-refractivity contribution is -0.125. The molecule has 0 aliphatic heterocycles. The van der Waals surface area contributed by atoms with Crippen LogP contribution in [0, 0.1) is 0 Å². The Bertz CT molecular complexity index is 190. The minimum atomic E-state index is -0.302. The molecule has 3 heteroatoms. The van der Waals surface area contributed by atoms with Crippen LogP contribution in [0.5, 0.6) is 0 Å². The molecule has 1 rings (SSSR count). The molecule has 1 aliphatic rings. The minimum absolute atomic E-state index is 0.0196. The number of rotatable bonds is 0. The molecule has 0 atom stereocenters. The average molecular weight is 126 g/mol. The van der Waals surface area contributed by atoms with Gasteiger partial charge in [-0.05, 0) is 0 Å². The van der Waals surface area contributed by atoms with Gasteiger partial charge >= 0.3 is 0 Å². The van der Waals surface area contributed by atoms with Gasteiger partial charge in [-0.3, -0.25) is 9.59 Å². The van der Waals surface area contributed by atoms with Gasteiger partial charge in [-0.2, -0.15) is 0 Å². The lowest BCUT2D eigenvalue weighted by Gasteiger charge is -2.03. The third kappa shape index (κ3) is 1.38. The maximum absolute atomic E-state index is 10.5. The zero-order valence-corrected chi connectivity index (χ0v) is 4.76. The van der Waals surface area contributed by atoms with Crippen LogP contribution in [0.15, 0.2) is 11.8 Å². The molecule has 0 amide bonds. The first-order valence-corrected chi connectivity index (χ1v) is 2.62. The summed E-state index contributed by atoms with van der Waals surface area (Å²) in [5.41, 5.74) is 0. The fraction of sp³-hybridized carbons (Fsp3) is 0.333. The van der Waals surface area contributed by atoms with Crippen molar-refractivity contribution in [1.82, 2.24) is 0 Å². The Hall–Kier alpha value is -1.12. The van der Waals surface area contributed by atoms with Gasteiger partial charge in [0, 0.05) is 6.08 Å². The summed E-state index contributed by atoms with van der Waals surface area (Å²) in [6.45, 7) is 0. The number of Topliss-reactive ketones (excluding diaryl/α,β-unsaturated/α-hetero) is 1. The van der Waals surface area contributed by atoms with Crippen molar-refractivity contribution in [1.29, 1.82) is 0 Å². The molecule has 0 radical (unpaired) electrons. The molecular weight excluding hydrogens is 120 g/mol. The van der Waals surface area contributed by atoms with Crippen LogP contribution in [0.2, 0.25) is 0 Å². The Morgan fingerprint density at radius 3 is 2.44 bits per heavy atom. The van der Waals surface area contributed by atoms with Crippen molar-refractivity contribution < 1.29 is 14.7 Å². The summed E-state index contributed by atoms with van der Waals surface area (Å²) < 4.78 is 0. The standard InChI is InChI=1S/C6H6O3/c7-4-1-5(8)3-6(9)2-4/h1,7H,2-3H2.